The molecule has 0 aromatic carbocycles. The van der Waals surface area contributed by atoms with Crippen molar-refractivity contribution in [2.75, 3.05) is 7.11 Å². The summed E-state index contributed by atoms with van der Waals surface area (Å²) in [5.74, 6) is 0.998. The normalized spacial score (nSPS) is 13.4. The van der Waals surface area contributed by atoms with Gasteiger partial charge < -0.3 is 14.5 Å². The van der Waals surface area contributed by atoms with Crippen LogP contribution in [0, 0.1) is 12.3 Å². The fraction of sp³-hybridized carbons (Fsp3) is 0.643. The first-order chi connectivity index (χ1) is 8.25. The molecular weight excluding hydrogens is 230 g/mol. The molecule has 1 atom stereocenters. The lowest BCUT2D eigenvalue weighted by Crippen LogP contribution is -2.37. The van der Waals surface area contributed by atoms with E-state index >= 15 is 0 Å². The second-order valence-electron chi connectivity index (χ2n) is 5.64. The summed E-state index contributed by atoms with van der Waals surface area (Å²) in [7, 11) is 1.37. The topological polar surface area (TPSA) is 51.5 Å². The summed E-state index contributed by atoms with van der Waals surface area (Å²) in [4.78, 5) is 11.4. The van der Waals surface area contributed by atoms with Gasteiger partial charge in [-0.15, -0.1) is 0 Å². The fourth-order valence-corrected chi connectivity index (χ4v) is 1.50. The third kappa shape index (κ3) is 3.60. The van der Waals surface area contributed by atoms with Crippen molar-refractivity contribution in [1.82, 2.24) is 5.32 Å². The highest BCUT2D eigenvalue weighted by Gasteiger charge is 2.20. The standard InChI is InChI=1S/C14H23NO3/c1-9-12(13(16)17-6)7-11(18-9)8-15-10(2)14(3,4)5/h7,10,15H,8H2,1-6H3. The number of methoxy groups -OCH3 is 1. The maximum absolute atomic E-state index is 11.4. The van der Waals surface area contributed by atoms with Crippen LogP contribution in [0.15, 0.2) is 10.5 Å². The van der Waals surface area contributed by atoms with Crippen molar-refractivity contribution in [2.45, 2.75) is 47.2 Å². The van der Waals surface area contributed by atoms with Crippen LogP contribution in [0.3, 0.4) is 0 Å². The molecule has 1 aromatic rings. The molecule has 0 bridgehead atoms. The molecule has 0 aliphatic rings. The van der Waals surface area contributed by atoms with E-state index in [4.69, 9.17) is 9.15 Å². The van der Waals surface area contributed by atoms with E-state index in [2.05, 4.69) is 33.0 Å². The number of carbonyl (C=O) groups is 1. The Morgan fingerprint density at radius 2 is 2.11 bits per heavy atom. The van der Waals surface area contributed by atoms with E-state index in [0.717, 1.165) is 5.76 Å². The first kappa shape index (κ1) is 14.8. The molecule has 0 aliphatic heterocycles. The predicted octanol–water partition coefficient (Wildman–Crippen LogP) is 2.90. The van der Waals surface area contributed by atoms with Crippen LogP contribution >= 0.6 is 0 Å². The van der Waals surface area contributed by atoms with E-state index in [1.165, 1.54) is 7.11 Å². The average molecular weight is 253 g/mol. The molecule has 0 aliphatic carbocycles. The molecule has 0 radical (unpaired) electrons. The van der Waals surface area contributed by atoms with E-state index in [-0.39, 0.29) is 11.4 Å². The molecule has 1 aromatic heterocycles. The number of aryl methyl sites for hydroxylation is 1. The minimum atomic E-state index is -0.355. The number of nitrogens with one attached hydrogen (secondary N) is 1. The number of hydrogen-bond acceptors (Lipinski definition) is 4. The minimum absolute atomic E-state index is 0.187. The number of ether oxygens (including phenoxy) is 1. The molecule has 0 saturated heterocycles. The Hall–Kier alpha value is -1.29. The molecule has 4 nitrogen and oxygen atoms in total. The maximum Gasteiger partial charge on any atom is 0.341 e. The second-order valence-corrected chi connectivity index (χ2v) is 5.64. The van der Waals surface area contributed by atoms with Crippen LogP contribution in [-0.2, 0) is 11.3 Å². The Labute approximate surface area is 109 Å². The van der Waals surface area contributed by atoms with Gasteiger partial charge >= 0.3 is 5.97 Å². The minimum Gasteiger partial charge on any atom is -0.465 e. The van der Waals surface area contributed by atoms with Crippen LogP contribution in [0.1, 0.15) is 49.6 Å². The molecule has 18 heavy (non-hydrogen) atoms. The Bertz CT molecular complexity index is 415. The summed E-state index contributed by atoms with van der Waals surface area (Å²) in [5, 5.41) is 3.39. The van der Waals surface area contributed by atoms with Crippen LogP contribution in [0.5, 0.6) is 0 Å². The molecule has 1 rings (SSSR count). The third-order valence-corrected chi connectivity index (χ3v) is 3.26. The van der Waals surface area contributed by atoms with Crippen molar-refractivity contribution in [3.8, 4) is 0 Å². The highest BCUT2D eigenvalue weighted by molar-refractivity contribution is 5.90. The van der Waals surface area contributed by atoms with Gasteiger partial charge in [-0.3, -0.25) is 0 Å². The summed E-state index contributed by atoms with van der Waals surface area (Å²) in [6.45, 7) is 11.0. The number of rotatable bonds is 4. The van der Waals surface area contributed by atoms with Crippen molar-refractivity contribution in [3.05, 3.63) is 23.2 Å². The molecule has 0 amide bonds. The largest absolute Gasteiger partial charge is 0.465 e. The maximum atomic E-state index is 11.4. The fourth-order valence-electron chi connectivity index (χ4n) is 1.50. The van der Waals surface area contributed by atoms with Crippen molar-refractivity contribution in [1.29, 1.82) is 0 Å². The molecule has 1 N–H and O–H groups in total. The molecule has 1 heterocycles. The predicted molar refractivity (Wildman–Crippen MR) is 70.5 cm³/mol. The van der Waals surface area contributed by atoms with Gasteiger partial charge in [0.25, 0.3) is 0 Å². The quantitative estimate of drug-likeness (QED) is 0.838. The van der Waals surface area contributed by atoms with Gasteiger partial charge in [-0.2, -0.15) is 0 Å². The number of furan rings is 1. The monoisotopic (exact) mass is 253 g/mol. The van der Waals surface area contributed by atoms with E-state index in [1.807, 2.05) is 0 Å². The van der Waals surface area contributed by atoms with Gasteiger partial charge in [-0.05, 0) is 25.3 Å². The van der Waals surface area contributed by atoms with Gasteiger partial charge in [-0.25, -0.2) is 4.79 Å². The summed E-state index contributed by atoms with van der Waals surface area (Å²) in [6, 6.07) is 2.09. The molecule has 102 valence electrons. The zero-order chi connectivity index (χ0) is 13.9. The van der Waals surface area contributed by atoms with Crippen molar-refractivity contribution >= 4 is 5.97 Å². The van der Waals surface area contributed by atoms with Gasteiger partial charge in [0.2, 0.25) is 0 Å². The van der Waals surface area contributed by atoms with Gasteiger partial charge in [-0.1, -0.05) is 20.8 Å². The van der Waals surface area contributed by atoms with Crippen molar-refractivity contribution in [2.24, 2.45) is 5.41 Å². The summed E-state index contributed by atoms with van der Waals surface area (Å²) in [5.41, 5.74) is 0.685. The van der Waals surface area contributed by atoms with E-state index in [0.29, 0.717) is 23.9 Å². The molecule has 0 saturated carbocycles. The lowest BCUT2D eigenvalue weighted by Gasteiger charge is -2.27. The molecular formula is C14H23NO3. The highest BCUT2D eigenvalue weighted by Crippen LogP contribution is 2.20. The zero-order valence-electron chi connectivity index (χ0n) is 12.1. The van der Waals surface area contributed by atoms with E-state index < -0.39 is 0 Å². The van der Waals surface area contributed by atoms with Gasteiger partial charge in [0.05, 0.1) is 13.7 Å². The highest BCUT2D eigenvalue weighted by atomic mass is 16.5. The van der Waals surface area contributed by atoms with Gasteiger partial charge in [0, 0.05) is 6.04 Å². The van der Waals surface area contributed by atoms with Crippen LogP contribution in [0.25, 0.3) is 0 Å². The first-order valence-electron chi connectivity index (χ1n) is 6.16. The van der Waals surface area contributed by atoms with Crippen molar-refractivity contribution in [3.63, 3.8) is 0 Å². The van der Waals surface area contributed by atoms with Crippen LogP contribution < -0.4 is 5.32 Å². The Morgan fingerprint density at radius 3 is 2.61 bits per heavy atom. The lowest BCUT2D eigenvalue weighted by atomic mass is 9.88. The second kappa shape index (κ2) is 5.57. The first-order valence-corrected chi connectivity index (χ1v) is 6.16. The smallest absolute Gasteiger partial charge is 0.341 e. The SMILES string of the molecule is COC(=O)c1cc(CNC(C)C(C)(C)C)oc1C. The van der Waals surface area contributed by atoms with Crippen LogP contribution in [-0.4, -0.2) is 19.1 Å². The number of esters is 1. The van der Waals surface area contributed by atoms with Crippen LogP contribution in [0.2, 0.25) is 0 Å². The van der Waals surface area contributed by atoms with E-state index in [1.54, 1.807) is 13.0 Å². The number of carbonyl (C=O) groups excluding carboxylic acids is 1. The summed E-state index contributed by atoms with van der Waals surface area (Å²) < 4.78 is 10.2. The Balaban J connectivity index is 2.67. The Morgan fingerprint density at radius 1 is 1.50 bits per heavy atom. The summed E-state index contributed by atoms with van der Waals surface area (Å²) >= 11 is 0. The molecule has 0 spiro atoms. The molecule has 1 unspecified atom stereocenters. The average Bonchev–Trinajstić information content (AvgIpc) is 2.65. The zero-order valence-corrected chi connectivity index (χ0v) is 12.1. The third-order valence-electron chi connectivity index (χ3n) is 3.26. The number of hydrogen-bond donors (Lipinski definition) is 1. The van der Waals surface area contributed by atoms with Gasteiger partial charge in [0.15, 0.2) is 0 Å². The van der Waals surface area contributed by atoms with Gasteiger partial charge in [0.1, 0.15) is 17.1 Å². The Kier molecular flexibility index (Phi) is 4.57. The summed E-state index contributed by atoms with van der Waals surface area (Å²) in [6.07, 6.45) is 0. The molecule has 0 fully saturated rings. The van der Waals surface area contributed by atoms with E-state index in [9.17, 15) is 4.79 Å². The molecule has 4 heteroatoms. The van der Waals surface area contributed by atoms with Crippen LogP contribution in [0.4, 0.5) is 0 Å². The lowest BCUT2D eigenvalue weighted by molar-refractivity contribution is 0.0599. The van der Waals surface area contributed by atoms with Crippen molar-refractivity contribution < 1.29 is 13.9 Å².